The Morgan fingerprint density at radius 1 is 0.960 bits per heavy atom. The summed E-state index contributed by atoms with van der Waals surface area (Å²) in [5, 5.41) is 0. The highest BCUT2D eigenvalue weighted by Gasteiger charge is 2.59. The molecule has 0 aromatic rings. The number of carbonyl (C=O) groups is 3. The molecule has 2 fully saturated rings. The van der Waals surface area contributed by atoms with Crippen LogP contribution < -0.4 is 0 Å². The molecule has 25 heavy (non-hydrogen) atoms. The normalized spacial score (nSPS) is 37.1. The minimum atomic E-state index is -1.43. The van der Waals surface area contributed by atoms with Crippen molar-refractivity contribution in [2.75, 3.05) is 13.7 Å². The van der Waals surface area contributed by atoms with E-state index >= 15 is 0 Å². The maximum atomic E-state index is 11.5. The van der Waals surface area contributed by atoms with Gasteiger partial charge in [0.1, 0.15) is 12.7 Å². The number of methoxy groups -OCH3 is 1. The number of carbonyl (C=O) groups excluding carboxylic acids is 3. The van der Waals surface area contributed by atoms with Crippen molar-refractivity contribution in [3.63, 3.8) is 0 Å². The molecular formula is C15H22O10. The van der Waals surface area contributed by atoms with E-state index in [0.29, 0.717) is 0 Å². The summed E-state index contributed by atoms with van der Waals surface area (Å²) in [5.74, 6) is -3.19. The minimum Gasteiger partial charge on any atom is -0.463 e. The number of esters is 3. The topological polar surface area (TPSA) is 116 Å². The molecule has 0 unspecified atom stereocenters. The predicted molar refractivity (Wildman–Crippen MR) is 77.8 cm³/mol. The van der Waals surface area contributed by atoms with Gasteiger partial charge in [0.2, 0.25) is 0 Å². The van der Waals surface area contributed by atoms with E-state index in [-0.39, 0.29) is 6.61 Å². The van der Waals surface area contributed by atoms with Crippen molar-refractivity contribution in [1.29, 1.82) is 0 Å². The van der Waals surface area contributed by atoms with E-state index < -0.39 is 54.6 Å². The Morgan fingerprint density at radius 3 is 2.08 bits per heavy atom. The molecule has 0 radical (unpaired) electrons. The number of rotatable bonds is 5. The SMILES string of the molecule is CO[C@@]1(C)O[C@H]2O[C@H](COC(C)=O)[C@@H](OC(C)=O)[C@H](OC(C)=O)[C@@H]2O1. The third-order valence-electron chi connectivity index (χ3n) is 3.70. The Hall–Kier alpha value is -1.75. The van der Waals surface area contributed by atoms with Crippen LogP contribution in [0.3, 0.4) is 0 Å². The van der Waals surface area contributed by atoms with Crippen LogP contribution >= 0.6 is 0 Å². The maximum Gasteiger partial charge on any atom is 0.303 e. The van der Waals surface area contributed by atoms with E-state index in [1.165, 1.54) is 34.8 Å². The number of hydrogen-bond acceptors (Lipinski definition) is 10. The fourth-order valence-electron chi connectivity index (χ4n) is 2.67. The lowest BCUT2D eigenvalue weighted by Crippen LogP contribution is -2.60. The average molecular weight is 362 g/mol. The lowest BCUT2D eigenvalue weighted by Gasteiger charge is -2.40. The van der Waals surface area contributed by atoms with Gasteiger partial charge in [-0.15, -0.1) is 0 Å². The van der Waals surface area contributed by atoms with Crippen molar-refractivity contribution < 1.29 is 47.5 Å². The van der Waals surface area contributed by atoms with E-state index in [1.54, 1.807) is 0 Å². The molecule has 10 nitrogen and oxygen atoms in total. The molecular weight excluding hydrogens is 340 g/mol. The predicted octanol–water partition coefficient (Wildman–Crippen LogP) is -0.127. The van der Waals surface area contributed by atoms with Crippen molar-refractivity contribution in [3.8, 4) is 0 Å². The molecule has 10 heteroatoms. The highest BCUT2D eigenvalue weighted by Crippen LogP contribution is 2.39. The van der Waals surface area contributed by atoms with Gasteiger partial charge in [0.25, 0.3) is 5.97 Å². The van der Waals surface area contributed by atoms with Gasteiger partial charge in [0, 0.05) is 34.8 Å². The Bertz CT molecular complexity index is 534. The summed E-state index contributed by atoms with van der Waals surface area (Å²) < 4.78 is 37.6. The smallest absolute Gasteiger partial charge is 0.303 e. The van der Waals surface area contributed by atoms with Gasteiger partial charge in [-0.2, -0.15) is 0 Å². The molecule has 0 spiro atoms. The zero-order chi connectivity index (χ0) is 18.8. The molecule has 0 saturated carbocycles. The maximum absolute atomic E-state index is 11.5. The van der Waals surface area contributed by atoms with Crippen LogP contribution in [0.25, 0.3) is 0 Å². The molecule has 2 aliphatic rings. The van der Waals surface area contributed by atoms with E-state index in [0.717, 1.165) is 0 Å². The van der Waals surface area contributed by atoms with E-state index in [4.69, 9.17) is 33.2 Å². The van der Waals surface area contributed by atoms with Crippen LogP contribution in [0.1, 0.15) is 27.7 Å². The summed E-state index contributed by atoms with van der Waals surface area (Å²) >= 11 is 0. The summed E-state index contributed by atoms with van der Waals surface area (Å²) in [6.07, 6.45) is -4.86. The van der Waals surface area contributed by atoms with Crippen molar-refractivity contribution in [3.05, 3.63) is 0 Å². The Balaban J connectivity index is 2.29. The Labute approximate surface area is 144 Å². The highest BCUT2D eigenvalue weighted by atomic mass is 16.9. The van der Waals surface area contributed by atoms with Crippen molar-refractivity contribution in [2.24, 2.45) is 0 Å². The van der Waals surface area contributed by atoms with Gasteiger partial charge in [0.15, 0.2) is 24.6 Å². The molecule has 0 aromatic heterocycles. The monoisotopic (exact) mass is 362 g/mol. The second-order valence-electron chi connectivity index (χ2n) is 5.76. The molecule has 0 bridgehead atoms. The van der Waals surface area contributed by atoms with Crippen LogP contribution in [-0.4, -0.2) is 68.3 Å². The van der Waals surface area contributed by atoms with E-state index in [9.17, 15) is 14.4 Å². The first kappa shape index (κ1) is 19.6. The van der Waals surface area contributed by atoms with Gasteiger partial charge in [-0.1, -0.05) is 0 Å². The largest absolute Gasteiger partial charge is 0.463 e. The van der Waals surface area contributed by atoms with Crippen LogP contribution in [0.15, 0.2) is 0 Å². The standard InChI is InChI=1S/C15H22O10/c1-7(16)20-6-10-11(21-8(2)17)12(22-9(3)18)13-14(23-10)25-15(4,19-5)24-13/h10-14H,6H2,1-5H3/t10-,11-,12+,13+,14-,15-/m1/s1. The molecule has 0 amide bonds. The van der Waals surface area contributed by atoms with Crippen molar-refractivity contribution in [2.45, 2.75) is 64.4 Å². The summed E-state index contributed by atoms with van der Waals surface area (Å²) in [7, 11) is 1.37. The molecule has 0 aromatic carbocycles. The van der Waals surface area contributed by atoms with Crippen LogP contribution in [0.5, 0.6) is 0 Å². The van der Waals surface area contributed by atoms with Gasteiger partial charge in [-0.3, -0.25) is 19.1 Å². The third kappa shape index (κ3) is 4.66. The summed E-state index contributed by atoms with van der Waals surface area (Å²) in [4.78, 5) is 34.1. The summed E-state index contributed by atoms with van der Waals surface area (Å²) in [6, 6.07) is 0. The molecule has 142 valence electrons. The number of hydrogen-bond donors (Lipinski definition) is 0. The fourth-order valence-corrected chi connectivity index (χ4v) is 2.67. The van der Waals surface area contributed by atoms with Gasteiger partial charge in [-0.25, -0.2) is 0 Å². The van der Waals surface area contributed by atoms with Crippen LogP contribution in [0, 0.1) is 0 Å². The minimum absolute atomic E-state index is 0.221. The Morgan fingerprint density at radius 2 is 1.56 bits per heavy atom. The molecule has 0 aliphatic carbocycles. The zero-order valence-electron chi connectivity index (χ0n) is 14.7. The second-order valence-corrected chi connectivity index (χ2v) is 5.76. The van der Waals surface area contributed by atoms with E-state index in [1.807, 2.05) is 0 Å². The third-order valence-corrected chi connectivity index (χ3v) is 3.70. The lowest BCUT2D eigenvalue weighted by molar-refractivity contribution is -0.334. The molecule has 2 saturated heterocycles. The number of ether oxygens (including phenoxy) is 7. The molecule has 2 heterocycles. The summed E-state index contributed by atoms with van der Waals surface area (Å²) in [6.45, 7) is 4.93. The molecule has 2 rings (SSSR count). The fraction of sp³-hybridized carbons (Fsp3) is 0.800. The molecule has 6 atom stereocenters. The molecule has 0 N–H and O–H groups in total. The average Bonchev–Trinajstić information content (AvgIpc) is 2.84. The van der Waals surface area contributed by atoms with E-state index in [2.05, 4.69) is 0 Å². The second kappa shape index (κ2) is 7.65. The van der Waals surface area contributed by atoms with Gasteiger partial charge < -0.3 is 28.4 Å². The molecule has 2 aliphatic heterocycles. The quantitative estimate of drug-likeness (QED) is 0.484. The highest BCUT2D eigenvalue weighted by molar-refractivity contribution is 5.67. The Kier molecular flexibility index (Phi) is 5.99. The van der Waals surface area contributed by atoms with Crippen LogP contribution in [-0.2, 0) is 47.5 Å². The zero-order valence-corrected chi connectivity index (χ0v) is 14.7. The first-order valence-electron chi connectivity index (χ1n) is 7.69. The summed E-state index contributed by atoms with van der Waals surface area (Å²) in [5.41, 5.74) is 0. The van der Waals surface area contributed by atoms with Crippen LogP contribution in [0.4, 0.5) is 0 Å². The van der Waals surface area contributed by atoms with Crippen molar-refractivity contribution in [1.82, 2.24) is 0 Å². The van der Waals surface area contributed by atoms with Gasteiger partial charge in [-0.05, 0) is 0 Å². The first-order chi connectivity index (χ1) is 11.6. The first-order valence-corrected chi connectivity index (χ1v) is 7.69. The van der Waals surface area contributed by atoms with Gasteiger partial charge in [0.05, 0.1) is 0 Å². The van der Waals surface area contributed by atoms with Gasteiger partial charge >= 0.3 is 17.9 Å². The number of fused-ring (bicyclic) bond motifs is 1. The van der Waals surface area contributed by atoms with Crippen LogP contribution in [0.2, 0.25) is 0 Å². The van der Waals surface area contributed by atoms with Crippen molar-refractivity contribution >= 4 is 17.9 Å². The lowest BCUT2D eigenvalue weighted by atomic mass is 9.98.